The average Bonchev–Trinajstić information content (AvgIpc) is 2.37. The Morgan fingerprint density at radius 3 is 2.67 bits per heavy atom. The van der Waals surface area contributed by atoms with E-state index in [1.807, 2.05) is 0 Å². The lowest BCUT2D eigenvalue weighted by molar-refractivity contribution is -0.203. The summed E-state index contributed by atoms with van der Waals surface area (Å²) in [6.45, 7) is 3.27. The molecule has 0 aromatic carbocycles. The van der Waals surface area contributed by atoms with Gasteiger partial charge in [0.2, 0.25) is 0 Å². The van der Waals surface area contributed by atoms with E-state index >= 15 is 0 Å². The summed E-state index contributed by atoms with van der Waals surface area (Å²) in [7, 11) is 1.54. The zero-order valence-corrected chi connectivity index (χ0v) is 12.0. The van der Waals surface area contributed by atoms with Crippen LogP contribution in [0.1, 0.15) is 12.8 Å². The number of amidine groups is 1. The predicted molar refractivity (Wildman–Crippen MR) is 71.8 cm³/mol. The van der Waals surface area contributed by atoms with Gasteiger partial charge in [-0.3, -0.25) is 5.32 Å². The van der Waals surface area contributed by atoms with Crippen molar-refractivity contribution in [3.8, 4) is 0 Å². The minimum absolute atomic E-state index is 0.234. The quantitative estimate of drug-likeness (QED) is 0.298. The topological polar surface area (TPSA) is 75.8 Å². The Morgan fingerprint density at radius 1 is 1.57 bits per heavy atom. The molecule has 0 radical (unpaired) electrons. The minimum atomic E-state index is -4.64. The van der Waals surface area contributed by atoms with Crippen LogP contribution in [0, 0.1) is 0 Å². The van der Waals surface area contributed by atoms with Crippen LogP contribution < -0.4 is 9.98 Å². The van der Waals surface area contributed by atoms with Crippen LogP contribution in [-0.2, 0) is 4.74 Å². The number of ether oxygens (including phenoxy) is 1. The lowest BCUT2D eigenvalue weighted by atomic mass is 9.97. The molecule has 0 aromatic heterocycles. The van der Waals surface area contributed by atoms with Gasteiger partial charge in [0.25, 0.3) is 0 Å². The smallest absolute Gasteiger partial charge is 0.390 e. The molecule has 0 bridgehead atoms. The van der Waals surface area contributed by atoms with Gasteiger partial charge in [-0.25, -0.2) is 9.06 Å². The van der Waals surface area contributed by atoms with Crippen LogP contribution in [0.4, 0.5) is 17.6 Å². The maximum absolute atomic E-state index is 13.7. The fourth-order valence-corrected chi connectivity index (χ4v) is 2.79. The molecule has 21 heavy (non-hydrogen) atoms. The van der Waals surface area contributed by atoms with E-state index in [1.54, 1.807) is 0 Å². The number of nitrogens with zero attached hydrogens (tertiary/aromatic N) is 1. The second-order valence-corrected chi connectivity index (χ2v) is 5.64. The third kappa shape index (κ3) is 5.48. The first-order valence-electron chi connectivity index (χ1n) is 6.08. The molecule has 10 heteroatoms. The number of alkyl halides is 4. The summed E-state index contributed by atoms with van der Waals surface area (Å²) in [5.74, 6) is 0. The molecule has 122 valence electrons. The van der Waals surface area contributed by atoms with Gasteiger partial charge < -0.3 is 14.9 Å². The zero-order valence-electron chi connectivity index (χ0n) is 11.2. The van der Waals surface area contributed by atoms with E-state index in [0.29, 0.717) is 5.17 Å². The van der Waals surface area contributed by atoms with Crippen LogP contribution >= 0.6 is 11.8 Å². The summed E-state index contributed by atoms with van der Waals surface area (Å²) in [6, 6.07) is 0. The molecule has 1 aliphatic rings. The van der Waals surface area contributed by atoms with E-state index in [4.69, 9.17) is 4.74 Å². The Balaban J connectivity index is 2.76. The fourth-order valence-electron chi connectivity index (χ4n) is 1.89. The SMILES string of the molecule is C=[N+]=C(NC)S[C@@H]1C[C@H](F)[C@H](O)[C@@H]([C@@H](O)CC(F)(F)F)O1. The molecule has 1 saturated heterocycles. The largest absolute Gasteiger partial charge is 0.405 e. The Bertz CT molecular complexity index is 403. The number of thioether (sulfide) groups is 1. The second kappa shape index (κ2) is 7.46. The molecular weight excluding hydrogens is 316 g/mol. The van der Waals surface area contributed by atoms with E-state index in [-0.39, 0.29) is 6.42 Å². The highest BCUT2D eigenvalue weighted by Crippen LogP contribution is 2.33. The highest BCUT2D eigenvalue weighted by molar-refractivity contribution is 8.14. The standard InChI is InChI=1S/C11H16F4N2O3S/c1-16-10(17-2)21-7-3-5(12)8(19)9(20-7)6(18)4-11(13,14)15/h5-9,18-19H,1,3-4H2,2H3/p+1/t5-,6-,7+,8-,9+/m0/s1. The number of halogens is 4. The minimum Gasteiger partial charge on any atom is -0.390 e. The van der Waals surface area contributed by atoms with Gasteiger partial charge in [-0.2, -0.15) is 13.2 Å². The Labute approximate surface area is 123 Å². The molecule has 0 spiro atoms. The zero-order chi connectivity index (χ0) is 16.2. The van der Waals surface area contributed by atoms with E-state index in [1.165, 1.54) is 7.05 Å². The summed E-state index contributed by atoms with van der Waals surface area (Å²) >= 11 is 0.921. The highest BCUT2D eigenvalue weighted by atomic mass is 32.2. The van der Waals surface area contributed by atoms with Crippen molar-refractivity contribution in [3.63, 3.8) is 0 Å². The summed E-state index contributed by atoms with van der Waals surface area (Å²) in [4.78, 5) is 0. The van der Waals surface area contributed by atoms with E-state index < -0.39 is 42.5 Å². The number of nitrogens with one attached hydrogen (secondary N) is 1. The highest BCUT2D eigenvalue weighted by Gasteiger charge is 2.46. The molecular formula is C11H17F4N2O3S+. The lowest BCUT2D eigenvalue weighted by Gasteiger charge is -2.37. The van der Waals surface area contributed by atoms with E-state index in [9.17, 15) is 27.8 Å². The summed E-state index contributed by atoms with van der Waals surface area (Å²) in [5, 5.41) is 22.1. The molecule has 0 aliphatic carbocycles. The molecule has 0 amide bonds. The predicted octanol–water partition coefficient (Wildman–Crippen LogP) is 0.190. The first-order chi connectivity index (χ1) is 9.67. The number of aliphatic hydroxyl groups excluding tert-OH is 2. The van der Waals surface area contributed by atoms with Crippen molar-refractivity contribution in [1.82, 2.24) is 9.98 Å². The monoisotopic (exact) mass is 333 g/mol. The molecule has 1 fully saturated rings. The van der Waals surface area contributed by atoms with Crippen molar-refractivity contribution >= 4 is 23.6 Å². The van der Waals surface area contributed by atoms with Crippen LogP contribution in [0.3, 0.4) is 0 Å². The number of hydrogen-bond donors (Lipinski definition) is 3. The van der Waals surface area contributed by atoms with Gasteiger partial charge in [0.15, 0.2) is 6.72 Å². The van der Waals surface area contributed by atoms with Gasteiger partial charge in [0, 0.05) is 18.2 Å². The number of rotatable bonds is 3. The molecule has 5 atom stereocenters. The third-order valence-corrected chi connectivity index (χ3v) is 3.98. The third-order valence-electron chi connectivity index (χ3n) is 2.85. The summed E-state index contributed by atoms with van der Waals surface area (Å²) < 4.78 is 59.3. The van der Waals surface area contributed by atoms with Gasteiger partial charge in [-0.15, -0.1) is 0 Å². The Kier molecular flexibility index (Phi) is 6.48. The van der Waals surface area contributed by atoms with Crippen molar-refractivity contribution in [2.45, 2.75) is 48.9 Å². The van der Waals surface area contributed by atoms with Crippen LogP contribution in [0.2, 0.25) is 0 Å². The van der Waals surface area contributed by atoms with Crippen molar-refractivity contribution in [1.29, 1.82) is 0 Å². The lowest BCUT2D eigenvalue weighted by Crippen LogP contribution is -2.52. The van der Waals surface area contributed by atoms with Crippen molar-refractivity contribution < 1.29 is 32.5 Å². The molecule has 1 rings (SSSR count). The molecule has 5 nitrogen and oxygen atoms in total. The fraction of sp³-hybridized carbons (Fsp3) is 0.818. The molecule has 0 saturated carbocycles. The molecule has 0 unspecified atom stereocenters. The molecule has 3 N–H and O–H groups in total. The van der Waals surface area contributed by atoms with Crippen molar-refractivity contribution in [3.05, 3.63) is 0 Å². The Hall–Kier alpha value is -0.800. The van der Waals surface area contributed by atoms with E-state index in [0.717, 1.165) is 11.8 Å². The van der Waals surface area contributed by atoms with Crippen molar-refractivity contribution in [2.75, 3.05) is 7.05 Å². The number of hydrogen-bond acceptors (Lipinski definition) is 4. The summed E-state index contributed by atoms with van der Waals surface area (Å²) in [5.41, 5.74) is -0.885. The maximum Gasteiger partial charge on any atom is 0.405 e. The first kappa shape index (κ1) is 18.2. The Morgan fingerprint density at radius 2 is 2.19 bits per heavy atom. The second-order valence-electron chi connectivity index (χ2n) is 4.49. The first-order valence-corrected chi connectivity index (χ1v) is 6.96. The molecule has 1 aliphatic heterocycles. The van der Waals surface area contributed by atoms with Gasteiger partial charge in [-0.05, 0) is 0 Å². The van der Waals surface area contributed by atoms with Gasteiger partial charge in [0.1, 0.15) is 23.8 Å². The summed E-state index contributed by atoms with van der Waals surface area (Å²) in [6.07, 6.45) is -13.8. The molecule has 0 aromatic rings. The van der Waals surface area contributed by atoms with Crippen LogP contribution in [0.25, 0.3) is 0 Å². The normalized spacial score (nSPS) is 31.4. The van der Waals surface area contributed by atoms with Gasteiger partial charge in [-0.1, -0.05) is 0 Å². The molecule has 1 heterocycles. The van der Waals surface area contributed by atoms with Crippen LogP contribution in [0.15, 0.2) is 0 Å². The van der Waals surface area contributed by atoms with Gasteiger partial charge in [0.05, 0.1) is 19.6 Å². The average molecular weight is 333 g/mol. The van der Waals surface area contributed by atoms with Crippen molar-refractivity contribution in [2.24, 2.45) is 0 Å². The van der Waals surface area contributed by atoms with Gasteiger partial charge >= 0.3 is 11.3 Å². The van der Waals surface area contributed by atoms with Crippen LogP contribution in [0.5, 0.6) is 0 Å². The van der Waals surface area contributed by atoms with Crippen LogP contribution in [-0.4, -0.2) is 65.2 Å². The maximum atomic E-state index is 13.7. The van der Waals surface area contributed by atoms with E-state index in [2.05, 4.69) is 16.7 Å². The number of aliphatic hydroxyl groups is 2.